The molecule has 2 aromatic rings. The van der Waals surface area contributed by atoms with Crippen molar-refractivity contribution in [2.24, 2.45) is 5.92 Å². The van der Waals surface area contributed by atoms with E-state index in [0.29, 0.717) is 28.8 Å². The van der Waals surface area contributed by atoms with Crippen LogP contribution in [0.5, 0.6) is 0 Å². The lowest BCUT2D eigenvalue weighted by molar-refractivity contribution is -0.131. The number of hydrogen-bond donors (Lipinski definition) is 0. The Hall–Kier alpha value is -3.19. The van der Waals surface area contributed by atoms with Crippen LogP contribution in [0.25, 0.3) is 0 Å². The molecule has 2 fully saturated rings. The Morgan fingerprint density at radius 2 is 1.67 bits per heavy atom. The number of hydrogen-bond acceptors (Lipinski definition) is 4. The standard InChI is InChI=1S/C29H34N4O3/c1-30(19-20-9-8-17-31-16-7-6-13-24(20)31)26(34)15-18-32-27-21-10-2-3-11-22(21)29(36)33(27)25-14-5-4-12-23(25)28(32)35/h2-5,10-12,14,20,24,27H,6-9,13,15-19H2,1H3/t20-,24+,27-/m0/s1. The molecular weight excluding hydrogens is 452 g/mol. The summed E-state index contributed by atoms with van der Waals surface area (Å²) in [4.78, 5) is 48.1. The average Bonchev–Trinajstić information content (AvgIpc) is 3.21. The van der Waals surface area contributed by atoms with Gasteiger partial charge in [0.15, 0.2) is 0 Å². The highest BCUT2D eigenvalue weighted by Crippen LogP contribution is 2.45. The first-order chi connectivity index (χ1) is 17.5. The number of benzene rings is 2. The molecule has 4 aliphatic heterocycles. The lowest BCUT2D eigenvalue weighted by Crippen LogP contribution is -2.51. The van der Waals surface area contributed by atoms with E-state index in [0.717, 1.165) is 12.1 Å². The van der Waals surface area contributed by atoms with Gasteiger partial charge in [-0.3, -0.25) is 19.3 Å². The van der Waals surface area contributed by atoms with Crippen molar-refractivity contribution >= 4 is 23.4 Å². The molecule has 3 atom stereocenters. The van der Waals surface area contributed by atoms with Gasteiger partial charge in [-0.05, 0) is 62.9 Å². The van der Waals surface area contributed by atoms with E-state index >= 15 is 0 Å². The SMILES string of the molecule is CN(C[C@@H]1CCCN2CCCC[C@H]12)C(=O)CCN1C(=O)c2ccccc2N2C(=O)c3ccccc3[C@@H]12. The lowest BCUT2D eigenvalue weighted by atomic mass is 9.83. The molecule has 6 rings (SSSR count). The zero-order chi connectivity index (χ0) is 24.8. The molecule has 2 aromatic carbocycles. The van der Waals surface area contributed by atoms with Crippen LogP contribution < -0.4 is 4.90 Å². The summed E-state index contributed by atoms with van der Waals surface area (Å²) < 4.78 is 0. The van der Waals surface area contributed by atoms with Crippen LogP contribution in [0.3, 0.4) is 0 Å². The van der Waals surface area contributed by atoms with E-state index in [-0.39, 0.29) is 30.7 Å². The van der Waals surface area contributed by atoms with E-state index in [1.165, 1.54) is 45.2 Å². The topological polar surface area (TPSA) is 64.2 Å². The quantitative estimate of drug-likeness (QED) is 0.643. The number of carbonyl (C=O) groups excluding carboxylic acids is 3. The fourth-order valence-electron chi connectivity index (χ4n) is 6.85. The average molecular weight is 487 g/mol. The minimum absolute atomic E-state index is 0.0544. The number of para-hydroxylation sites is 1. The minimum Gasteiger partial charge on any atom is -0.345 e. The Morgan fingerprint density at radius 1 is 0.917 bits per heavy atom. The van der Waals surface area contributed by atoms with Crippen LogP contribution in [-0.4, -0.2) is 71.7 Å². The summed E-state index contributed by atoms with van der Waals surface area (Å²) in [6.07, 6.45) is 5.92. The van der Waals surface area contributed by atoms with Crippen LogP contribution in [0.1, 0.15) is 71.0 Å². The van der Waals surface area contributed by atoms with Crippen molar-refractivity contribution in [1.82, 2.24) is 14.7 Å². The second-order valence-corrected chi connectivity index (χ2v) is 10.7. The number of amides is 3. The van der Waals surface area contributed by atoms with Crippen molar-refractivity contribution in [3.05, 3.63) is 65.2 Å². The number of nitrogens with zero attached hydrogens (tertiary/aromatic N) is 4. The predicted molar refractivity (Wildman–Crippen MR) is 138 cm³/mol. The summed E-state index contributed by atoms with van der Waals surface area (Å²) in [7, 11) is 1.90. The van der Waals surface area contributed by atoms with Gasteiger partial charge in [0.05, 0.1) is 11.3 Å². The third kappa shape index (κ3) is 3.81. The van der Waals surface area contributed by atoms with Crippen LogP contribution in [0.4, 0.5) is 5.69 Å². The largest absolute Gasteiger partial charge is 0.345 e. The molecule has 0 spiro atoms. The highest BCUT2D eigenvalue weighted by Gasteiger charge is 2.47. The fraction of sp³-hybridized carbons (Fsp3) is 0.483. The van der Waals surface area contributed by atoms with Crippen LogP contribution in [0, 0.1) is 5.92 Å². The molecular formula is C29H34N4O3. The predicted octanol–water partition coefficient (Wildman–Crippen LogP) is 3.91. The number of rotatable bonds is 5. The van der Waals surface area contributed by atoms with Gasteiger partial charge >= 0.3 is 0 Å². The highest BCUT2D eigenvalue weighted by atomic mass is 16.2. The molecule has 0 bridgehead atoms. The molecule has 0 aromatic heterocycles. The summed E-state index contributed by atoms with van der Waals surface area (Å²) in [6.45, 7) is 3.43. The van der Waals surface area contributed by atoms with Gasteiger partial charge in [-0.15, -0.1) is 0 Å². The zero-order valence-electron chi connectivity index (χ0n) is 20.9. The van der Waals surface area contributed by atoms with E-state index < -0.39 is 6.17 Å². The van der Waals surface area contributed by atoms with Crippen molar-refractivity contribution < 1.29 is 14.4 Å². The van der Waals surface area contributed by atoms with Crippen LogP contribution in [-0.2, 0) is 4.79 Å². The molecule has 188 valence electrons. The monoisotopic (exact) mass is 486 g/mol. The minimum atomic E-state index is -0.511. The third-order valence-electron chi connectivity index (χ3n) is 8.61. The first-order valence-electron chi connectivity index (χ1n) is 13.3. The van der Waals surface area contributed by atoms with E-state index in [1.54, 1.807) is 15.9 Å². The maximum Gasteiger partial charge on any atom is 0.260 e. The van der Waals surface area contributed by atoms with Crippen LogP contribution >= 0.6 is 0 Å². The lowest BCUT2D eigenvalue weighted by Gasteiger charge is -2.45. The van der Waals surface area contributed by atoms with Crippen LogP contribution in [0.2, 0.25) is 0 Å². The van der Waals surface area contributed by atoms with E-state index in [9.17, 15) is 14.4 Å². The molecule has 4 heterocycles. The van der Waals surface area contributed by atoms with Crippen molar-refractivity contribution in [3.8, 4) is 0 Å². The Balaban J connectivity index is 1.19. The van der Waals surface area contributed by atoms with Gasteiger partial charge in [-0.1, -0.05) is 36.8 Å². The van der Waals surface area contributed by atoms with Crippen molar-refractivity contribution in [3.63, 3.8) is 0 Å². The first kappa shape index (κ1) is 23.2. The molecule has 4 aliphatic rings. The second-order valence-electron chi connectivity index (χ2n) is 10.7. The maximum absolute atomic E-state index is 13.6. The van der Waals surface area contributed by atoms with Crippen molar-refractivity contribution in [1.29, 1.82) is 0 Å². The molecule has 0 unspecified atom stereocenters. The smallest absolute Gasteiger partial charge is 0.260 e. The van der Waals surface area contributed by atoms with Gasteiger partial charge in [0.1, 0.15) is 6.17 Å². The summed E-state index contributed by atoms with van der Waals surface area (Å²) >= 11 is 0. The Morgan fingerprint density at radius 3 is 2.53 bits per heavy atom. The first-order valence-corrected chi connectivity index (χ1v) is 13.3. The fourth-order valence-corrected chi connectivity index (χ4v) is 6.85. The molecule has 0 aliphatic carbocycles. The molecule has 7 nitrogen and oxygen atoms in total. The normalized spacial score (nSPS) is 25.2. The molecule has 3 amide bonds. The Kier molecular flexibility index (Phi) is 6.04. The van der Waals surface area contributed by atoms with Crippen molar-refractivity contribution in [2.45, 2.75) is 50.7 Å². The molecule has 0 saturated carbocycles. The van der Waals surface area contributed by atoms with E-state index in [2.05, 4.69) is 4.90 Å². The van der Waals surface area contributed by atoms with Gasteiger partial charge in [0.25, 0.3) is 11.8 Å². The summed E-state index contributed by atoms with van der Waals surface area (Å²) in [6, 6.07) is 15.4. The second kappa shape index (κ2) is 9.36. The highest BCUT2D eigenvalue weighted by molar-refractivity contribution is 6.16. The Labute approximate surface area is 212 Å². The molecule has 0 radical (unpaired) electrons. The van der Waals surface area contributed by atoms with E-state index in [4.69, 9.17) is 0 Å². The molecule has 2 saturated heterocycles. The zero-order valence-corrected chi connectivity index (χ0v) is 20.9. The third-order valence-corrected chi connectivity index (χ3v) is 8.61. The number of fused-ring (bicyclic) bond motifs is 6. The van der Waals surface area contributed by atoms with E-state index in [1.807, 2.05) is 54.4 Å². The summed E-state index contributed by atoms with van der Waals surface area (Å²) in [5.74, 6) is 0.348. The summed E-state index contributed by atoms with van der Waals surface area (Å²) in [5, 5.41) is 0. The number of piperidine rings is 2. The molecule has 7 heteroatoms. The number of anilines is 1. The number of carbonyl (C=O) groups is 3. The van der Waals surface area contributed by atoms with Gasteiger partial charge in [0, 0.05) is 43.7 Å². The van der Waals surface area contributed by atoms with Gasteiger partial charge in [-0.2, -0.15) is 0 Å². The Bertz CT molecular complexity index is 1190. The van der Waals surface area contributed by atoms with Crippen molar-refractivity contribution in [2.75, 3.05) is 38.1 Å². The summed E-state index contributed by atoms with van der Waals surface area (Å²) in [5.41, 5.74) is 2.60. The van der Waals surface area contributed by atoms with Crippen LogP contribution in [0.15, 0.2) is 48.5 Å². The maximum atomic E-state index is 13.6. The van der Waals surface area contributed by atoms with Gasteiger partial charge in [-0.25, -0.2) is 0 Å². The van der Waals surface area contributed by atoms with Gasteiger partial charge in [0.2, 0.25) is 5.91 Å². The molecule has 0 N–H and O–H groups in total. The molecule has 36 heavy (non-hydrogen) atoms. The van der Waals surface area contributed by atoms with Gasteiger partial charge < -0.3 is 14.7 Å².